The summed E-state index contributed by atoms with van der Waals surface area (Å²) in [5, 5.41) is 9.23. The Bertz CT molecular complexity index is 341. The summed E-state index contributed by atoms with van der Waals surface area (Å²) < 4.78 is 3.80. The third-order valence-electron chi connectivity index (χ3n) is 3.08. The van der Waals surface area contributed by atoms with Gasteiger partial charge in [-0.2, -0.15) is 0 Å². The number of hydrogen-bond donors (Lipinski definition) is 2. The molecule has 1 amide bonds. The van der Waals surface area contributed by atoms with Crippen LogP contribution in [0, 0.1) is 5.92 Å². The highest BCUT2D eigenvalue weighted by atomic mass is 32.1. The van der Waals surface area contributed by atoms with E-state index in [0.29, 0.717) is 6.54 Å². The average molecular weight is 240 g/mol. The van der Waals surface area contributed by atoms with E-state index in [1.54, 1.807) is 0 Å². The summed E-state index contributed by atoms with van der Waals surface area (Å²) in [6, 6.07) is 0.202. The molecule has 1 aromatic rings. The Hall–Kier alpha value is -1.01. The SMILES string of the molecule is NC(=O)C1CCCCC1NCc1csnn1. The van der Waals surface area contributed by atoms with Gasteiger partial charge in [-0.15, -0.1) is 5.10 Å². The normalized spacial score (nSPS) is 25.5. The van der Waals surface area contributed by atoms with Gasteiger partial charge in [-0.25, -0.2) is 0 Å². The first kappa shape index (κ1) is 11.5. The van der Waals surface area contributed by atoms with Gasteiger partial charge in [0.25, 0.3) is 0 Å². The van der Waals surface area contributed by atoms with Crippen LogP contribution in [0.15, 0.2) is 5.38 Å². The van der Waals surface area contributed by atoms with E-state index >= 15 is 0 Å². The molecule has 2 unspecified atom stereocenters. The molecule has 1 heterocycles. The molecule has 0 aromatic carbocycles. The second-order valence-electron chi connectivity index (χ2n) is 4.18. The third-order valence-corrected chi connectivity index (χ3v) is 3.64. The molecule has 3 N–H and O–H groups in total. The first-order valence-electron chi connectivity index (χ1n) is 5.56. The van der Waals surface area contributed by atoms with E-state index in [4.69, 9.17) is 5.73 Å². The van der Waals surface area contributed by atoms with Gasteiger partial charge in [0.15, 0.2) is 0 Å². The van der Waals surface area contributed by atoms with Crippen molar-refractivity contribution in [2.24, 2.45) is 11.7 Å². The van der Waals surface area contributed by atoms with E-state index < -0.39 is 0 Å². The summed E-state index contributed by atoms with van der Waals surface area (Å²) in [7, 11) is 0. The van der Waals surface area contributed by atoms with E-state index in [1.165, 1.54) is 11.5 Å². The first-order valence-corrected chi connectivity index (χ1v) is 6.39. The second-order valence-corrected chi connectivity index (χ2v) is 4.79. The van der Waals surface area contributed by atoms with Gasteiger partial charge in [0.1, 0.15) is 0 Å². The van der Waals surface area contributed by atoms with Crippen LogP contribution in [0.5, 0.6) is 0 Å². The standard InChI is InChI=1S/C10H16N4OS/c11-10(15)8-3-1-2-4-9(8)12-5-7-6-16-14-13-7/h6,8-9,12H,1-5H2,(H2,11,15). The summed E-state index contributed by atoms with van der Waals surface area (Å²) in [6.07, 6.45) is 4.19. The number of nitrogens with two attached hydrogens (primary N) is 1. The monoisotopic (exact) mass is 240 g/mol. The molecule has 1 fully saturated rings. The van der Waals surface area contributed by atoms with Gasteiger partial charge in [0.2, 0.25) is 5.91 Å². The number of nitrogens with zero attached hydrogens (tertiary/aromatic N) is 2. The maximum atomic E-state index is 11.3. The predicted octanol–water partition coefficient (Wildman–Crippen LogP) is 0.672. The van der Waals surface area contributed by atoms with Crippen molar-refractivity contribution in [2.45, 2.75) is 38.3 Å². The molecule has 1 saturated carbocycles. The Morgan fingerprint density at radius 2 is 2.38 bits per heavy atom. The van der Waals surface area contributed by atoms with Crippen LogP contribution in [0.3, 0.4) is 0 Å². The molecule has 16 heavy (non-hydrogen) atoms. The van der Waals surface area contributed by atoms with E-state index in [-0.39, 0.29) is 17.9 Å². The summed E-state index contributed by atoms with van der Waals surface area (Å²) in [5.74, 6) is -0.214. The zero-order valence-corrected chi connectivity index (χ0v) is 9.87. The van der Waals surface area contributed by atoms with Crippen LogP contribution < -0.4 is 11.1 Å². The van der Waals surface area contributed by atoms with Gasteiger partial charge in [-0.05, 0) is 24.4 Å². The molecule has 0 aliphatic heterocycles. The molecule has 0 spiro atoms. The van der Waals surface area contributed by atoms with Gasteiger partial charge in [-0.3, -0.25) is 4.79 Å². The van der Waals surface area contributed by atoms with E-state index in [0.717, 1.165) is 31.4 Å². The van der Waals surface area contributed by atoms with Gasteiger partial charge >= 0.3 is 0 Å². The molecule has 0 radical (unpaired) electrons. The zero-order chi connectivity index (χ0) is 11.4. The maximum absolute atomic E-state index is 11.3. The van der Waals surface area contributed by atoms with Crippen molar-refractivity contribution in [1.29, 1.82) is 0 Å². The molecular formula is C10H16N4OS. The fourth-order valence-electron chi connectivity index (χ4n) is 2.21. The lowest BCUT2D eigenvalue weighted by Gasteiger charge is -2.29. The molecule has 88 valence electrons. The molecule has 6 heteroatoms. The van der Waals surface area contributed by atoms with Crippen molar-refractivity contribution >= 4 is 17.4 Å². The van der Waals surface area contributed by atoms with Crippen molar-refractivity contribution in [3.63, 3.8) is 0 Å². The Balaban J connectivity index is 1.89. The molecule has 1 aromatic heterocycles. The zero-order valence-electron chi connectivity index (χ0n) is 9.06. The summed E-state index contributed by atoms with van der Waals surface area (Å²) in [4.78, 5) is 11.3. The lowest BCUT2D eigenvalue weighted by atomic mass is 9.84. The molecule has 1 aliphatic rings. The van der Waals surface area contributed by atoms with E-state index in [1.807, 2.05) is 5.38 Å². The average Bonchev–Trinajstić information content (AvgIpc) is 2.79. The minimum atomic E-state index is -0.186. The predicted molar refractivity (Wildman–Crippen MR) is 61.7 cm³/mol. The number of aromatic nitrogens is 2. The topological polar surface area (TPSA) is 80.9 Å². The molecule has 5 nitrogen and oxygen atoms in total. The smallest absolute Gasteiger partial charge is 0.222 e. The van der Waals surface area contributed by atoms with Crippen LogP contribution in [-0.4, -0.2) is 21.5 Å². The number of carbonyl (C=O) groups is 1. The lowest BCUT2D eigenvalue weighted by molar-refractivity contribution is -0.123. The molecular weight excluding hydrogens is 224 g/mol. The molecule has 1 aliphatic carbocycles. The molecule has 0 bridgehead atoms. The van der Waals surface area contributed by atoms with Crippen LogP contribution in [0.25, 0.3) is 0 Å². The fourth-order valence-corrected chi connectivity index (χ4v) is 2.66. The van der Waals surface area contributed by atoms with Crippen molar-refractivity contribution in [2.75, 3.05) is 0 Å². The highest BCUT2D eigenvalue weighted by molar-refractivity contribution is 7.03. The lowest BCUT2D eigenvalue weighted by Crippen LogP contribution is -2.44. The van der Waals surface area contributed by atoms with Crippen molar-refractivity contribution < 1.29 is 4.79 Å². The minimum absolute atomic E-state index is 0.0275. The minimum Gasteiger partial charge on any atom is -0.369 e. The van der Waals surface area contributed by atoms with Crippen LogP contribution in [0.1, 0.15) is 31.4 Å². The van der Waals surface area contributed by atoms with Crippen molar-refractivity contribution in [3.8, 4) is 0 Å². The number of nitrogens with one attached hydrogen (secondary N) is 1. The highest BCUT2D eigenvalue weighted by Gasteiger charge is 2.28. The van der Waals surface area contributed by atoms with Gasteiger partial charge < -0.3 is 11.1 Å². The van der Waals surface area contributed by atoms with Crippen LogP contribution in [0.4, 0.5) is 0 Å². The summed E-state index contributed by atoms with van der Waals surface area (Å²) >= 11 is 1.34. The number of primary amides is 1. The number of hydrogen-bond acceptors (Lipinski definition) is 5. The summed E-state index contributed by atoms with van der Waals surface area (Å²) in [6.45, 7) is 0.672. The number of amides is 1. The quantitative estimate of drug-likeness (QED) is 0.810. The molecule has 2 rings (SSSR count). The maximum Gasteiger partial charge on any atom is 0.222 e. The van der Waals surface area contributed by atoms with Crippen LogP contribution >= 0.6 is 11.5 Å². The van der Waals surface area contributed by atoms with Crippen molar-refractivity contribution in [3.05, 3.63) is 11.1 Å². The van der Waals surface area contributed by atoms with Gasteiger partial charge in [0, 0.05) is 18.0 Å². The Morgan fingerprint density at radius 1 is 1.56 bits per heavy atom. The fraction of sp³-hybridized carbons (Fsp3) is 0.700. The second kappa shape index (κ2) is 5.36. The summed E-state index contributed by atoms with van der Waals surface area (Å²) in [5.41, 5.74) is 6.33. The van der Waals surface area contributed by atoms with Crippen LogP contribution in [0.2, 0.25) is 0 Å². The van der Waals surface area contributed by atoms with E-state index in [9.17, 15) is 4.79 Å². The third kappa shape index (κ3) is 2.76. The van der Waals surface area contributed by atoms with Crippen LogP contribution in [-0.2, 0) is 11.3 Å². The van der Waals surface area contributed by atoms with E-state index in [2.05, 4.69) is 14.9 Å². The number of carbonyl (C=O) groups excluding carboxylic acids is 1. The Kier molecular flexibility index (Phi) is 3.84. The van der Waals surface area contributed by atoms with Gasteiger partial charge in [-0.1, -0.05) is 17.3 Å². The first-order chi connectivity index (χ1) is 7.77. The Morgan fingerprint density at radius 3 is 3.06 bits per heavy atom. The molecule has 0 saturated heterocycles. The molecule has 2 atom stereocenters. The Labute approximate surface area is 98.6 Å². The number of rotatable bonds is 4. The highest BCUT2D eigenvalue weighted by Crippen LogP contribution is 2.24. The van der Waals surface area contributed by atoms with Crippen molar-refractivity contribution in [1.82, 2.24) is 14.9 Å². The largest absolute Gasteiger partial charge is 0.369 e. The van der Waals surface area contributed by atoms with Gasteiger partial charge in [0.05, 0.1) is 11.6 Å².